The number of aromatic nitrogens is 3. The van der Waals surface area contributed by atoms with E-state index in [1.165, 1.54) is 30.5 Å². The Morgan fingerprint density at radius 1 is 1.15 bits per heavy atom. The van der Waals surface area contributed by atoms with Crippen molar-refractivity contribution < 1.29 is 32.2 Å². The molecular weight excluding hydrogens is 479 g/mol. The molecule has 3 aromatic rings. The molecule has 0 fully saturated rings. The number of rotatable bonds is 5. The van der Waals surface area contributed by atoms with Gasteiger partial charge in [-0.25, -0.2) is 9.67 Å². The number of nitrogens with zero attached hydrogens (tertiary/aromatic N) is 3. The summed E-state index contributed by atoms with van der Waals surface area (Å²) in [5.74, 6) is -1.14. The Morgan fingerprint density at radius 3 is 2.50 bits per heavy atom. The molecule has 1 aliphatic rings. The Kier molecular flexibility index (Phi) is 6.09. The monoisotopic (exact) mass is 495 g/mol. The molecule has 0 spiro atoms. The summed E-state index contributed by atoms with van der Waals surface area (Å²) < 4.78 is 51.4. The van der Waals surface area contributed by atoms with E-state index in [9.17, 15) is 22.8 Å². The van der Waals surface area contributed by atoms with Gasteiger partial charge < -0.3 is 20.1 Å². The summed E-state index contributed by atoms with van der Waals surface area (Å²) in [6.07, 6.45) is -3.54. The summed E-state index contributed by atoms with van der Waals surface area (Å²) in [5, 5.41) is 8.63. The molecule has 178 valence electrons. The molecule has 2 amide bonds. The summed E-state index contributed by atoms with van der Waals surface area (Å²) in [6, 6.07) is 5.96. The van der Waals surface area contributed by atoms with E-state index in [0.717, 1.165) is 0 Å². The molecule has 0 saturated carbocycles. The standard InChI is InChI=1S/C21H17ClF3N5O4/c1-10(2)27-19(31)11-6-15-16(34-9-33-15)7-13(11)28-20(32)14-8-17(21(23,24)25)29-30(14)18-12(22)4-3-5-26-18/h3-8,10H,9H2,1-2H3,(H,27,31)(H,28,32). The van der Waals surface area contributed by atoms with Gasteiger partial charge in [0.05, 0.1) is 16.3 Å². The van der Waals surface area contributed by atoms with E-state index in [1.54, 1.807) is 13.8 Å². The molecule has 0 unspecified atom stereocenters. The van der Waals surface area contributed by atoms with Crippen molar-refractivity contribution in [2.45, 2.75) is 26.1 Å². The van der Waals surface area contributed by atoms with Gasteiger partial charge in [-0.2, -0.15) is 18.3 Å². The fraction of sp³-hybridized carbons (Fsp3) is 0.238. The average Bonchev–Trinajstić information content (AvgIpc) is 3.39. The number of nitrogens with one attached hydrogen (secondary N) is 2. The van der Waals surface area contributed by atoms with Crippen LogP contribution in [0.2, 0.25) is 5.02 Å². The lowest BCUT2D eigenvalue weighted by Crippen LogP contribution is -2.31. The first-order chi connectivity index (χ1) is 16.0. The number of hydrogen-bond acceptors (Lipinski definition) is 6. The lowest BCUT2D eigenvalue weighted by atomic mass is 10.1. The van der Waals surface area contributed by atoms with Crippen LogP contribution >= 0.6 is 11.6 Å². The molecule has 0 radical (unpaired) electrons. The Morgan fingerprint density at radius 2 is 1.85 bits per heavy atom. The van der Waals surface area contributed by atoms with E-state index in [1.807, 2.05) is 0 Å². The molecule has 2 N–H and O–H groups in total. The minimum Gasteiger partial charge on any atom is -0.454 e. The van der Waals surface area contributed by atoms with Gasteiger partial charge in [-0.05, 0) is 32.0 Å². The van der Waals surface area contributed by atoms with Crippen molar-refractivity contribution in [2.24, 2.45) is 0 Å². The molecule has 4 rings (SSSR count). The van der Waals surface area contributed by atoms with Crippen LogP contribution in [-0.2, 0) is 6.18 Å². The van der Waals surface area contributed by atoms with Crippen LogP contribution in [0, 0.1) is 0 Å². The molecule has 0 atom stereocenters. The molecule has 34 heavy (non-hydrogen) atoms. The number of anilines is 1. The van der Waals surface area contributed by atoms with Crippen molar-refractivity contribution in [3.05, 3.63) is 58.5 Å². The number of pyridine rings is 1. The van der Waals surface area contributed by atoms with Gasteiger partial charge in [0.1, 0.15) is 5.69 Å². The number of fused-ring (bicyclic) bond motifs is 1. The van der Waals surface area contributed by atoms with Crippen LogP contribution in [0.5, 0.6) is 11.5 Å². The molecule has 13 heteroatoms. The second-order valence-electron chi connectivity index (χ2n) is 7.47. The van der Waals surface area contributed by atoms with Crippen LogP contribution in [0.3, 0.4) is 0 Å². The molecule has 0 saturated heterocycles. The lowest BCUT2D eigenvalue weighted by molar-refractivity contribution is -0.141. The van der Waals surface area contributed by atoms with Gasteiger partial charge in [0.25, 0.3) is 11.8 Å². The minimum atomic E-state index is -4.83. The van der Waals surface area contributed by atoms with Crippen molar-refractivity contribution >= 4 is 29.1 Å². The van der Waals surface area contributed by atoms with Crippen LogP contribution in [0.15, 0.2) is 36.5 Å². The summed E-state index contributed by atoms with van der Waals surface area (Å²) in [4.78, 5) is 29.8. The van der Waals surface area contributed by atoms with Crippen LogP contribution in [0.1, 0.15) is 40.4 Å². The van der Waals surface area contributed by atoms with Crippen molar-refractivity contribution in [3.8, 4) is 17.3 Å². The fourth-order valence-corrected chi connectivity index (χ4v) is 3.34. The molecule has 0 aliphatic carbocycles. The topological polar surface area (TPSA) is 107 Å². The molecular formula is C21H17ClF3N5O4. The Labute approximate surface area is 195 Å². The lowest BCUT2D eigenvalue weighted by Gasteiger charge is -2.14. The second-order valence-corrected chi connectivity index (χ2v) is 7.87. The van der Waals surface area contributed by atoms with Gasteiger partial charge in [-0.1, -0.05) is 11.6 Å². The van der Waals surface area contributed by atoms with Crippen LogP contribution in [0.25, 0.3) is 5.82 Å². The van der Waals surface area contributed by atoms with E-state index < -0.39 is 29.4 Å². The van der Waals surface area contributed by atoms with E-state index in [0.29, 0.717) is 10.7 Å². The molecule has 9 nitrogen and oxygen atoms in total. The Balaban J connectivity index is 1.77. The summed E-state index contributed by atoms with van der Waals surface area (Å²) >= 11 is 6.08. The normalized spacial score (nSPS) is 12.7. The largest absolute Gasteiger partial charge is 0.454 e. The number of benzene rings is 1. The quantitative estimate of drug-likeness (QED) is 0.553. The highest BCUT2D eigenvalue weighted by molar-refractivity contribution is 6.32. The van der Waals surface area contributed by atoms with Crippen LogP contribution < -0.4 is 20.1 Å². The predicted molar refractivity (Wildman–Crippen MR) is 114 cm³/mol. The van der Waals surface area contributed by atoms with Crippen LogP contribution in [0.4, 0.5) is 18.9 Å². The minimum absolute atomic E-state index is 0.000765. The summed E-state index contributed by atoms with van der Waals surface area (Å²) in [6.45, 7) is 3.41. The number of carbonyl (C=O) groups is 2. The summed E-state index contributed by atoms with van der Waals surface area (Å²) in [5.41, 5.74) is -1.78. The maximum Gasteiger partial charge on any atom is 0.435 e. The number of ether oxygens (including phenoxy) is 2. The Hall–Kier alpha value is -3.80. The third-order valence-electron chi connectivity index (χ3n) is 4.60. The van der Waals surface area contributed by atoms with E-state index in [2.05, 4.69) is 20.7 Å². The number of amides is 2. The maximum absolute atomic E-state index is 13.4. The SMILES string of the molecule is CC(C)NC(=O)c1cc2c(cc1NC(=O)c1cc(C(F)(F)F)nn1-c1ncccc1Cl)OCO2. The first-order valence-electron chi connectivity index (χ1n) is 9.88. The van der Waals surface area contributed by atoms with Gasteiger partial charge in [0.15, 0.2) is 23.0 Å². The highest BCUT2D eigenvalue weighted by Crippen LogP contribution is 2.37. The van der Waals surface area contributed by atoms with Crippen molar-refractivity contribution in [1.29, 1.82) is 0 Å². The Bertz CT molecular complexity index is 1280. The van der Waals surface area contributed by atoms with E-state index in [4.69, 9.17) is 21.1 Å². The summed E-state index contributed by atoms with van der Waals surface area (Å²) in [7, 11) is 0. The molecule has 1 aromatic carbocycles. The van der Waals surface area contributed by atoms with Crippen molar-refractivity contribution in [2.75, 3.05) is 12.1 Å². The fourth-order valence-electron chi connectivity index (χ4n) is 3.14. The smallest absolute Gasteiger partial charge is 0.435 e. The van der Waals surface area contributed by atoms with Crippen LogP contribution in [-0.4, -0.2) is 39.4 Å². The second kappa shape index (κ2) is 8.86. The third kappa shape index (κ3) is 4.62. The maximum atomic E-state index is 13.4. The highest BCUT2D eigenvalue weighted by atomic mass is 35.5. The van der Waals surface area contributed by atoms with Crippen molar-refractivity contribution in [3.63, 3.8) is 0 Å². The third-order valence-corrected chi connectivity index (χ3v) is 4.89. The zero-order valence-corrected chi connectivity index (χ0v) is 18.5. The highest BCUT2D eigenvalue weighted by Gasteiger charge is 2.37. The van der Waals surface area contributed by atoms with Gasteiger partial charge in [-0.3, -0.25) is 9.59 Å². The molecule has 3 heterocycles. The van der Waals surface area contributed by atoms with Gasteiger partial charge >= 0.3 is 6.18 Å². The van der Waals surface area contributed by atoms with E-state index in [-0.39, 0.29) is 46.4 Å². The first-order valence-corrected chi connectivity index (χ1v) is 10.3. The molecule has 0 bridgehead atoms. The number of hydrogen-bond donors (Lipinski definition) is 2. The average molecular weight is 496 g/mol. The molecule has 2 aromatic heterocycles. The van der Waals surface area contributed by atoms with Gasteiger partial charge in [0, 0.05) is 24.4 Å². The zero-order valence-electron chi connectivity index (χ0n) is 17.7. The van der Waals surface area contributed by atoms with Gasteiger partial charge in [-0.15, -0.1) is 0 Å². The molecule has 1 aliphatic heterocycles. The number of carbonyl (C=O) groups excluding carboxylic acids is 2. The number of alkyl halides is 3. The number of halogens is 4. The first kappa shape index (κ1) is 23.4. The zero-order chi connectivity index (χ0) is 24.6. The van der Waals surface area contributed by atoms with Gasteiger partial charge in [0.2, 0.25) is 6.79 Å². The van der Waals surface area contributed by atoms with E-state index >= 15 is 0 Å². The van der Waals surface area contributed by atoms with Crippen molar-refractivity contribution in [1.82, 2.24) is 20.1 Å². The predicted octanol–water partition coefficient (Wildman–Crippen LogP) is 4.06.